The van der Waals surface area contributed by atoms with Crippen molar-refractivity contribution in [2.75, 3.05) is 49.1 Å². The summed E-state index contributed by atoms with van der Waals surface area (Å²) < 4.78 is 40.6. The van der Waals surface area contributed by atoms with Crippen molar-refractivity contribution in [3.8, 4) is 0 Å². The zero-order valence-corrected chi connectivity index (χ0v) is 23.0. The molecule has 1 aromatic heterocycles. The van der Waals surface area contributed by atoms with Crippen molar-refractivity contribution in [3.05, 3.63) is 53.9 Å². The van der Waals surface area contributed by atoms with Crippen molar-refractivity contribution in [2.24, 2.45) is 0 Å². The fraction of sp³-hybridized carbons (Fsp3) is 0.464. The first kappa shape index (κ1) is 29.7. The number of aromatic nitrogens is 1. The van der Waals surface area contributed by atoms with Gasteiger partial charge >= 0.3 is 12.1 Å². The molecule has 4 rings (SSSR count). The fourth-order valence-corrected chi connectivity index (χ4v) is 4.72. The highest BCUT2D eigenvalue weighted by Crippen LogP contribution is 2.32. The summed E-state index contributed by atoms with van der Waals surface area (Å²) in [5, 5.41) is 2.65. The van der Waals surface area contributed by atoms with Gasteiger partial charge in [-0.3, -0.25) is 24.3 Å². The highest BCUT2D eigenvalue weighted by Gasteiger charge is 2.34. The predicted octanol–water partition coefficient (Wildman–Crippen LogP) is 2.89. The Morgan fingerprint density at radius 2 is 1.88 bits per heavy atom. The minimum Gasteiger partial charge on any atom is -0.466 e. The Morgan fingerprint density at radius 3 is 2.51 bits per heavy atom. The molecule has 3 amide bonds. The van der Waals surface area contributed by atoms with E-state index >= 15 is 8.78 Å². The van der Waals surface area contributed by atoms with E-state index < -0.39 is 41.7 Å². The summed E-state index contributed by atoms with van der Waals surface area (Å²) in [6.07, 6.45) is 2.59. The van der Waals surface area contributed by atoms with Crippen molar-refractivity contribution in [3.63, 3.8) is 0 Å². The molecule has 2 aliphatic rings. The van der Waals surface area contributed by atoms with Crippen LogP contribution in [0.5, 0.6) is 0 Å². The largest absolute Gasteiger partial charge is 0.466 e. The van der Waals surface area contributed by atoms with Gasteiger partial charge in [0.15, 0.2) is 11.6 Å². The van der Waals surface area contributed by atoms with Gasteiger partial charge in [0.25, 0.3) is 5.91 Å². The minimum atomic E-state index is -0.851. The number of esters is 1. The molecule has 220 valence electrons. The summed E-state index contributed by atoms with van der Waals surface area (Å²) in [5.41, 5.74) is 0.0922. The number of halogens is 2. The predicted molar refractivity (Wildman–Crippen MR) is 144 cm³/mol. The lowest BCUT2D eigenvalue weighted by Gasteiger charge is -2.37. The maximum Gasteiger partial charge on any atom is 0.414 e. The van der Waals surface area contributed by atoms with Crippen LogP contribution in [-0.4, -0.2) is 85.2 Å². The number of nitrogens with zero attached hydrogens (tertiary/aromatic N) is 4. The third-order valence-electron chi connectivity index (χ3n) is 6.87. The van der Waals surface area contributed by atoms with E-state index in [9.17, 15) is 19.2 Å². The zero-order chi connectivity index (χ0) is 29.5. The molecule has 13 heteroatoms. The number of cyclic esters (lactones) is 1. The molecule has 0 bridgehead atoms. The van der Waals surface area contributed by atoms with E-state index in [2.05, 4.69) is 10.3 Å². The van der Waals surface area contributed by atoms with Crippen LogP contribution in [0.3, 0.4) is 0 Å². The van der Waals surface area contributed by atoms with E-state index in [4.69, 9.17) is 9.47 Å². The summed E-state index contributed by atoms with van der Waals surface area (Å²) in [4.78, 5) is 57.4. The fourth-order valence-electron chi connectivity index (χ4n) is 4.72. The van der Waals surface area contributed by atoms with Crippen LogP contribution in [0.1, 0.15) is 43.5 Å². The number of hydrogen-bond acceptors (Lipinski definition) is 8. The van der Waals surface area contributed by atoms with Gasteiger partial charge < -0.3 is 24.6 Å². The van der Waals surface area contributed by atoms with Crippen molar-refractivity contribution < 1.29 is 37.4 Å². The number of ether oxygens (including phenoxy) is 2. The van der Waals surface area contributed by atoms with Crippen molar-refractivity contribution in [1.29, 1.82) is 0 Å². The van der Waals surface area contributed by atoms with Crippen LogP contribution in [0.4, 0.5) is 25.0 Å². The Morgan fingerprint density at radius 1 is 1.17 bits per heavy atom. The molecular weight excluding hydrogens is 540 g/mol. The van der Waals surface area contributed by atoms with Crippen LogP contribution in [0.2, 0.25) is 0 Å². The van der Waals surface area contributed by atoms with Gasteiger partial charge in [0.05, 0.1) is 24.4 Å². The Kier molecular flexibility index (Phi) is 9.69. The molecule has 3 heterocycles. The summed E-state index contributed by atoms with van der Waals surface area (Å²) in [6, 6.07) is 4.56. The maximum atomic E-state index is 15.2. The Labute approximate surface area is 236 Å². The highest BCUT2D eigenvalue weighted by atomic mass is 19.1. The monoisotopic (exact) mass is 573 g/mol. The lowest BCUT2D eigenvalue weighted by molar-refractivity contribution is -0.144. The zero-order valence-electron chi connectivity index (χ0n) is 23.0. The van der Waals surface area contributed by atoms with Gasteiger partial charge in [0, 0.05) is 57.1 Å². The van der Waals surface area contributed by atoms with Crippen molar-refractivity contribution in [2.45, 2.75) is 45.3 Å². The quantitative estimate of drug-likeness (QED) is 0.431. The molecule has 2 aromatic rings. The van der Waals surface area contributed by atoms with Gasteiger partial charge in [-0.15, -0.1) is 0 Å². The van der Waals surface area contributed by atoms with Crippen molar-refractivity contribution >= 4 is 35.3 Å². The summed E-state index contributed by atoms with van der Waals surface area (Å²) >= 11 is 0. The SMILES string of the molecule is CCCOC(=O)CC[C@H]1CN(c2cc(F)c(N3CCN(C(=O)[C@H](C)NC(=O)c4cccnc4)CC3)c(F)c2)C(=O)O1. The van der Waals surface area contributed by atoms with Crippen LogP contribution in [0.25, 0.3) is 0 Å². The normalized spacial score (nSPS) is 17.7. The molecule has 1 aromatic carbocycles. The standard InChI is InChI=1S/C28H33F2N5O6/c1-3-13-40-24(36)7-6-21-17-35(28(39)41-21)20-14-22(29)25(23(30)15-20)33-9-11-34(12-10-33)27(38)18(2)32-26(37)19-5-4-8-31-16-19/h4-5,8,14-16,18,21H,3,6-7,9-13,17H2,1-2H3,(H,32,37)/t18-,21-/m0/s1. The number of hydrogen-bond donors (Lipinski definition) is 1. The molecule has 2 saturated heterocycles. The summed E-state index contributed by atoms with van der Waals surface area (Å²) in [5.74, 6) is -2.83. The molecular formula is C28H33F2N5O6. The van der Waals surface area contributed by atoms with Crippen molar-refractivity contribution in [1.82, 2.24) is 15.2 Å². The molecule has 2 fully saturated rings. The lowest BCUT2D eigenvalue weighted by atomic mass is 10.1. The van der Waals surface area contributed by atoms with Crippen LogP contribution in [0.15, 0.2) is 36.7 Å². The van der Waals surface area contributed by atoms with Crippen LogP contribution >= 0.6 is 0 Å². The Hall–Kier alpha value is -4.29. The first-order valence-corrected chi connectivity index (χ1v) is 13.5. The number of amides is 3. The van der Waals surface area contributed by atoms with E-state index in [-0.39, 0.29) is 62.8 Å². The second-order valence-electron chi connectivity index (χ2n) is 9.88. The third kappa shape index (κ3) is 7.27. The Bertz CT molecular complexity index is 1250. The molecule has 41 heavy (non-hydrogen) atoms. The summed E-state index contributed by atoms with van der Waals surface area (Å²) in [7, 11) is 0. The summed E-state index contributed by atoms with van der Waals surface area (Å²) in [6.45, 7) is 4.57. The topological polar surface area (TPSA) is 121 Å². The highest BCUT2D eigenvalue weighted by molar-refractivity contribution is 5.97. The number of carbonyl (C=O) groups excluding carboxylic acids is 4. The van der Waals surface area contributed by atoms with Gasteiger partial charge in [-0.2, -0.15) is 0 Å². The first-order valence-electron chi connectivity index (χ1n) is 13.5. The number of benzene rings is 1. The molecule has 0 unspecified atom stereocenters. The van der Waals surface area contributed by atoms with Gasteiger partial charge in [-0.05, 0) is 31.9 Å². The number of pyridine rings is 1. The average Bonchev–Trinajstić information content (AvgIpc) is 3.35. The molecule has 0 spiro atoms. The molecule has 11 nitrogen and oxygen atoms in total. The Balaban J connectivity index is 1.32. The van der Waals surface area contributed by atoms with Gasteiger partial charge in [0.2, 0.25) is 5.91 Å². The van der Waals surface area contributed by atoms with E-state index in [1.807, 2.05) is 6.92 Å². The number of piperazine rings is 1. The van der Waals surface area contributed by atoms with E-state index in [0.29, 0.717) is 18.6 Å². The number of nitrogens with one attached hydrogen (secondary N) is 1. The van der Waals surface area contributed by atoms with E-state index in [1.54, 1.807) is 19.1 Å². The number of anilines is 2. The number of rotatable bonds is 10. The smallest absolute Gasteiger partial charge is 0.414 e. The molecule has 0 radical (unpaired) electrons. The molecule has 0 saturated carbocycles. The molecule has 2 atom stereocenters. The maximum absolute atomic E-state index is 15.2. The van der Waals surface area contributed by atoms with Gasteiger partial charge in [0.1, 0.15) is 17.8 Å². The van der Waals surface area contributed by atoms with E-state index in [1.165, 1.54) is 22.2 Å². The average molecular weight is 574 g/mol. The molecule has 0 aliphatic carbocycles. The number of carbonyl (C=O) groups is 4. The minimum absolute atomic E-state index is 0.0109. The molecule has 1 N–H and O–H groups in total. The second-order valence-corrected chi connectivity index (χ2v) is 9.88. The van der Waals surface area contributed by atoms with Gasteiger partial charge in [-0.1, -0.05) is 6.92 Å². The first-order chi connectivity index (χ1) is 19.7. The van der Waals surface area contributed by atoms with E-state index in [0.717, 1.165) is 17.0 Å². The van der Waals surface area contributed by atoms with Crippen LogP contribution < -0.4 is 15.1 Å². The molecule has 2 aliphatic heterocycles. The van der Waals surface area contributed by atoms with Crippen LogP contribution in [0, 0.1) is 11.6 Å². The van der Waals surface area contributed by atoms with Gasteiger partial charge in [-0.25, -0.2) is 13.6 Å². The second kappa shape index (κ2) is 13.4. The lowest BCUT2D eigenvalue weighted by Crippen LogP contribution is -2.54. The van der Waals surface area contributed by atoms with Crippen LogP contribution in [-0.2, 0) is 19.1 Å². The third-order valence-corrected chi connectivity index (χ3v) is 6.87.